The Morgan fingerprint density at radius 1 is 0.968 bits per heavy atom. The van der Waals surface area contributed by atoms with Crippen molar-refractivity contribution in [3.63, 3.8) is 0 Å². The molecule has 3 fully saturated rings. The summed E-state index contributed by atoms with van der Waals surface area (Å²) >= 11 is 0. The molecule has 2 N–H and O–H groups in total. The van der Waals surface area contributed by atoms with E-state index in [2.05, 4.69) is 47.6 Å². The van der Waals surface area contributed by atoms with Crippen LogP contribution < -0.4 is 0 Å². The van der Waals surface area contributed by atoms with Gasteiger partial charge in [0.25, 0.3) is 0 Å². The van der Waals surface area contributed by atoms with Crippen LogP contribution in [0.1, 0.15) is 106 Å². The van der Waals surface area contributed by atoms with Crippen LogP contribution in [0.3, 0.4) is 0 Å². The highest BCUT2D eigenvalue weighted by atomic mass is 16.3. The van der Waals surface area contributed by atoms with Gasteiger partial charge in [-0.2, -0.15) is 0 Å². The maximum atomic E-state index is 10.7. The number of fused-ring (bicyclic) bond motifs is 5. The van der Waals surface area contributed by atoms with Gasteiger partial charge < -0.3 is 10.2 Å². The summed E-state index contributed by atoms with van der Waals surface area (Å²) in [5, 5.41) is 20.1. The van der Waals surface area contributed by atoms with Gasteiger partial charge in [0.2, 0.25) is 0 Å². The highest BCUT2D eigenvalue weighted by Crippen LogP contribution is 2.68. The minimum absolute atomic E-state index is 0.0584. The van der Waals surface area contributed by atoms with Gasteiger partial charge in [-0.15, -0.1) is 0 Å². The molecule has 31 heavy (non-hydrogen) atoms. The van der Waals surface area contributed by atoms with Gasteiger partial charge in [-0.25, -0.2) is 0 Å². The topological polar surface area (TPSA) is 40.5 Å². The maximum absolute atomic E-state index is 10.7. The third-order valence-corrected chi connectivity index (χ3v) is 11.4. The van der Waals surface area contributed by atoms with Gasteiger partial charge in [0.1, 0.15) is 0 Å². The first-order valence-corrected chi connectivity index (χ1v) is 13.6. The standard InChI is InChI=1S/C29H50O2/c1-19(18-30)8-7-9-20(2)22-11-12-23-21-10-13-25-27(3,4)26(31)15-17-29(25,6)24(21)14-16-28(22,23)5/h13,19-24,26,30-31H,7-12,14-18H2,1-6H3/t19-,20-,21+,22-,23+,24+,26?,28-,29-/m1/s1. The second kappa shape index (κ2) is 8.46. The van der Waals surface area contributed by atoms with Gasteiger partial charge >= 0.3 is 0 Å². The average molecular weight is 431 g/mol. The number of rotatable bonds is 6. The van der Waals surface area contributed by atoms with Crippen molar-refractivity contribution >= 4 is 0 Å². The van der Waals surface area contributed by atoms with E-state index >= 15 is 0 Å². The summed E-state index contributed by atoms with van der Waals surface area (Å²) in [5.74, 6) is 4.70. The lowest BCUT2D eigenvalue weighted by Gasteiger charge is -2.61. The van der Waals surface area contributed by atoms with E-state index in [0.29, 0.717) is 23.4 Å². The largest absolute Gasteiger partial charge is 0.396 e. The van der Waals surface area contributed by atoms with Crippen LogP contribution in [0.5, 0.6) is 0 Å². The monoisotopic (exact) mass is 430 g/mol. The number of allylic oxidation sites excluding steroid dienone is 1. The van der Waals surface area contributed by atoms with Gasteiger partial charge in [-0.05, 0) is 97.7 Å². The molecule has 4 rings (SSSR count). The zero-order chi connectivity index (χ0) is 22.6. The fourth-order valence-electron chi connectivity index (χ4n) is 9.45. The van der Waals surface area contributed by atoms with E-state index in [1.54, 1.807) is 5.57 Å². The molecule has 0 spiro atoms. The first-order chi connectivity index (χ1) is 14.6. The molecule has 2 heteroatoms. The highest BCUT2D eigenvalue weighted by Gasteiger charge is 2.61. The Hall–Kier alpha value is -0.340. The Kier molecular flexibility index (Phi) is 6.50. The molecule has 9 atom stereocenters. The molecule has 0 heterocycles. The molecule has 0 amide bonds. The van der Waals surface area contributed by atoms with Gasteiger partial charge in [-0.3, -0.25) is 0 Å². The molecule has 0 saturated heterocycles. The van der Waals surface area contributed by atoms with Crippen molar-refractivity contribution < 1.29 is 10.2 Å². The van der Waals surface area contributed by atoms with Crippen molar-refractivity contribution in [3.8, 4) is 0 Å². The van der Waals surface area contributed by atoms with Gasteiger partial charge in [0.15, 0.2) is 0 Å². The number of hydrogen-bond donors (Lipinski definition) is 2. The summed E-state index contributed by atoms with van der Waals surface area (Å²) in [6, 6.07) is 0. The van der Waals surface area contributed by atoms with E-state index in [1.165, 1.54) is 57.8 Å². The van der Waals surface area contributed by atoms with Crippen molar-refractivity contribution in [3.05, 3.63) is 11.6 Å². The summed E-state index contributed by atoms with van der Waals surface area (Å²) in [6.45, 7) is 14.8. The fraction of sp³-hybridized carbons (Fsp3) is 0.931. The van der Waals surface area contributed by atoms with Gasteiger partial charge in [-0.1, -0.05) is 66.0 Å². The van der Waals surface area contributed by atoms with E-state index < -0.39 is 0 Å². The minimum atomic E-state index is -0.178. The van der Waals surface area contributed by atoms with Crippen molar-refractivity contribution in [1.82, 2.24) is 0 Å². The second-order valence-electron chi connectivity index (χ2n) is 13.3. The van der Waals surface area contributed by atoms with Crippen molar-refractivity contribution in [2.45, 2.75) is 112 Å². The quantitative estimate of drug-likeness (QED) is 0.445. The maximum Gasteiger partial charge on any atom is 0.0628 e. The Bertz CT molecular complexity index is 680. The van der Waals surface area contributed by atoms with Crippen LogP contribution in [-0.2, 0) is 0 Å². The van der Waals surface area contributed by atoms with Crippen LogP contribution in [-0.4, -0.2) is 22.9 Å². The average Bonchev–Trinajstić information content (AvgIpc) is 3.08. The molecule has 0 aromatic heterocycles. The van der Waals surface area contributed by atoms with Gasteiger partial charge in [0.05, 0.1) is 6.10 Å². The summed E-state index contributed by atoms with van der Waals surface area (Å²) in [4.78, 5) is 0. The Labute approximate surface area is 192 Å². The molecular formula is C29H50O2. The van der Waals surface area contributed by atoms with Crippen LogP contribution in [0.15, 0.2) is 11.6 Å². The molecule has 2 nitrogen and oxygen atoms in total. The van der Waals surface area contributed by atoms with E-state index in [1.807, 2.05) is 0 Å². The van der Waals surface area contributed by atoms with Crippen LogP contribution in [0.2, 0.25) is 0 Å². The van der Waals surface area contributed by atoms with Crippen LogP contribution in [0.4, 0.5) is 0 Å². The van der Waals surface area contributed by atoms with Crippen LogP contribution in [0.25, 0.3) is 0 Å². The Morgan fingerprint density at radius 2 is 1.71 bits per heavy atom. The summed E-state index contributed by atoms with van der Waals surface area (Å²) in [6.07, 6.45) is 15.3. The fourth-order valence-corrected chi connectivity index (χ4v) is 9.45. The molecule has 0 aromatic rings. The molecule has 0 radical (unpaired) electrons. The predicted molar refractivity (Wildman–Crippen MR) is 130 cm³/mol. The zero-order valence-corrected chi connectivity index (χ0v) is 21.3. The van der Waals surface area contributed by atoms with Crippen molar-refractivity contribution in [1.29, 1.82) is 0 Å². The summed E-state index contributed by atoms with van der Waals surface area (Å²) in [5.41, 5.74) is 2.35. The molecule has 0 bridgehead atoms. The lowest BCUT2D eigenvalue weighted by molar-refractivity contribution is -0.0782. The third-order valence-electron chi connectivity index (χ3n) is 11.4. The summed E-state index contributed by atoms with van der Waals surface area (Å²) < 4.78 is 0. The van der Waals surface area contributed by atoms with Crippen LogP contribution >= 0.6 is 0 Å². The van der Waals surface area contributed by atoms with E-state index in [0.717, 1.165) is 36.0 Å². The Morgan fingerprint density at radius 3 is 2.42 bits per heavy atom. The molecular weight excluding hydrogens is 380 g/mol. The summed E-state index contributed by atoms with van der Waals surface area (Å²) in [7, 11) is 0. The smallest absolute Gasteiger partial charge is 0.0628 e. The van der Waals surface area contributed by atoms with Crippen molar-refractivity contribution in [2.75, 3.05) is 6.61 Å². The molecule has 0 aliphatic heterocycles. The van der Waals surface area contributed by atoms with E-state index in [4.69, 9.17) is 0 Å². The number of hydrogen-bond acceptors (Lipinski definition) is 2. The SMILES string of the molecule is C[C@@H](CO)CCC[C@@H](C)[C@H]1CC[C@H]2[C@@H]3CC=C4C(C)(C)C(O)CC[C@]4(C)[C@H]3CC[C@]12C. The minimum Gasteiger partial charge on any atom is -0.396 e. The second-order valence-corrected chi connectivity index (χ2v) is 13.3. The first-order valence-electron chi connectivity index (χ1n) is 13.6. The predicted octanol–water partition coefficient (Wildman–Crippen LogP) is 7.00. The normalized spacial score (nSPS) is 45.8. The first kappa shape index (κ1) is 23.8. The lowest BCUT2D eigenvalue weighted by atomic mass is 9.44. The molecule has 4 aliphatic rings. The molecule has 178 valence electrons. The van der Waals surface area contributed by atoms with E-state index in [-0.39, 0.29) is 11.5 Å². The highest BCUT2D eigenvalue weighted by molar-refractivity contribution is 5.31. The van der Waals surface area contributed by atoms with Crippen molar-refractivity contribution in [2.24, 2.45) is 51.8 Å². The van der Waals surface area contributed by atoms with Gasteiger partial charge in [0, 0.05) is 12.0 Å². The molecule has 3 saturated carbocycles. The number of aliphatic hydroxyl groups excluding tert-OH is 2. The molecule has 1 unspecified atom stereocenters. The Balaban J connectivity index is 1.50. The van der Waals surface area contributed by atoms with E-state index in [9.17, 15) is 10.2 Å². The lowest BCUT2D eigenvalue weighted by Crippen LogP contribution is -2.54. The van der Waals surface area contributed by atoms with Crippen LogP contribution in [0, 0.1) is 51.8 Å². The molecule has 4 aliphatic carbocycles. The third kappa shape index (κ3) is 3.76. The number of aliphatic hydroxyl groups is 2. The zero-order valence-electron chi connectivity index (χ0n) is 21.3. The molecule has 0 aromatic carbocycles.